The van der Waals surface area contributed by atoms with Crippen LogP contribution in [0.15, 0.2) is 29.8 Å². The minimum Gasteiger partial charge on any atom is -0.478 e. The van der Waals surface area contributed by atoms with Gasteiger partial charge in [-0.3, -0.25) is 14.9 Å². The van der Waals surface area contributed by atoms with Crippen molar-refractivity contribution < 1.29 is 19.6 Å². The highest BCUT2D eigenvalue weighted by molar-refractivity contribution is 6.19. The van der Waals surface area contributed by atoms with Gasteiger partial charge in [-0.15, -0.1) is 0 Å². The molecule has 0 aromatic heterocycles. The first-order valence-electron chi connectivity index (χ1n) is 4.62. The summed E-state index contributed by atoms with van der Waals surface area (Å²) >= 11 is 0. The topological polar surface area (TPSA) is 97.5 Å². The van der Waals surface area contributed by atoms with Gasteiger partial charge in [0.15, 0.2) is 5.78 Å². The number of carbonyl (C=O) groups is 2. The zero-order valence-corrected chi connectivity index (χ0v) is 8.91. The Kier molecular flexibility index (Phi) is 3.71. The van der Waals surface area contributed by atoms with Crippen molar-refractivity contribution in [2.45, 2.75) is 6.92 Å². The van der Waals surface area contributed by atoms with Crippen molar-refractivity contribution in [3.8, 4) is 0 Å². The minimum atomic E-state index is -1.36. The fraction of sp³-hybridized carbons (Fsp3) is 0.0909. The average Bonchev–Trinajstić information content (AvgIpc) is 2.25. The number of ketones is 1. The number of hydrogen-bond acceptors (Lipinski definition) is 4. The van der Waals surface area contributed by atoms with Gasteiger partial charge in [-0.05, 0) is 18.6 Å². The summed E-state index contributed by atoms with van der Waals surface area (Å²) in [5, 5.41) is 19.3. The van der Waals surface area contributed by atoms with Crippen LogP contribution in [0.1, 0.15) is 12.5 Å². The van der Waals surface area contributed by atoms with Gasteiger partial charge in [0.05, 0.1) is 4.92 Å². The average molecular weight is 235 g/mol. The number of rotatable bonds is 4. The van der Waals surface area contributed by atoms with Crippen LogP contribution in [0.5, 0.6) is 0 Å². The molecule has 0 aliphatic carbocycles. The molecular formula is C11H9NO5. The van der Waals surface area contributed by atoms with E-state index in [9.17, 15) is 19.7 Å². The molecule has 0 heterocycles. The van der Waals surface area contributed by atoms with Gasteiger partial charge in [-0.25, -0.2) is 4.79 Å². The van der Waals surface area contributed by atoms with Crippen LogP contribution in [-0.2, 0) is 9.59 Å². The summed E-state index contributed by atoms with van der Waals surface area (Å²) in [7, 11) is 0. The Bertz CT molecular complexity index is 502. The molecule has 0 aliphatic heterocycles. The molecule has 0 amide bonds. The molecule has 1 aromatic carbocycles. The molecule has 0 atom stereocenters. The van der Waals surface area contributed by atoms with Gasteiger partial charge >= 0.3 is 5.97 Å². The molecular weight excluding hydrogens is 226 g/mol. The fourth-order valence-electron chi connectivity index (χ4n) is 1.21. The Morgan fingerprint density at radius 3 is 2.53 bits per heavy atom. The van der Waals surface area contributed by atoms with Crippen molar-refractivity contribution in [3.63, 3.8) is 0 Å². The SMILES string of the molecule is CC(=O)/C(=C\c1cccc([N+](=O)[O-])c1)C(=O)O. The maximum absolute atomic E-state index is 11.0. The molecule has 6 nitrogen and oxygen atoms in total. The molecule has 1 N–H and O–H groups in total. The van der Waals surface area contributed by atoms with Crippen LogP contribution in [-0.4, -0.2) is 21.8 Å². The number of Topliss-reactive ketones (excluding diaryl/α,β-unsaturated/α-hetero) is 1. The molecule has 1 aromatic rings. The molecule has 0 spiro atoms. The van der Waals surface area contributed by atoms with Crippen LogP contribution >= 0.6 is 0 Å². The zero-order chi connectivity index (χ0) is 13.0. The molecule has 0 saturated heterocycles. The largest absolute Gasteiger partial charge is 0.478 e. The lowest BCUT2D eigenvalue weighted by Crippen LogP contribution is -2.08. The van der Waals surface area contributed by atoms with Crippen molar-refractivity contribution in [2.75, 3.05) is 0 Å². The van der Waals surface area contributed by atoms with Gasteiger partial charge < -0.3 is 5.11 Å². The van der Waals surface area contributed by atoms with Crippen LogP contribution in [0.25, 0.3) is 6.08 Å². The number of nitrogens with zero attached hydrogens (tertiary/aromatic N) is 1. The third-order valence-corrected chi connectivity index (χ3v) is 2.00. The normalized spacial score (nSPS) is 11.0. The van der Waals surface area contributed by atoms with E-state index in [-0.39, 0.29) is 5.69 Å². The second-order valence-corrected chi connectivity index (χ2v) is 3.27. The van der Waals surface area contributed by atoms with Gasteiger partial charge in [0.25, 0.3) is 5.69 Å². The van der Waals surface area contributed by atoms with E-state index < -0.39 is 22.2 Å². The lowest BCUT2D eigenvalue weighted by molar-refractivity contribution is -0.384. The smallest absolute Gasteiger partial charge is 0.339 e. The minimum absolute atomic E-state index is 0.160. The number of aliphatic carboxylic acids is 1. The summed E-state index contributed by atoms with van der Waals surface area (Å²) < 4.78 is 0. The maximum atomic E-state index is 11.0. The molecule has 0 unspecified atom stereocenters. The van der Waals surface area contributed by atoms with E-state index in [0.717, 1.165) is 13.0 Å². The number of carbonyl (C=O) groups excluding carboxylic acids is 1. The molecule has 0 bridgehead atoms. The van der Waals surface area contributed by atoms with Gasteiger partial charge in [0.2, 0.25) is 0 Å². The van der Waals surface area contributed by atoms with E-state index in [1.807, 2.05) is 0 Å². The number of nitro benzene ring substituents is 1. The Balaban J connectivity index is 3.20. The first-order chi connectivity index (χ1) is 7.91. The highest BCUT2D eigenvalue weighted by Gasteiger charge is 2.13. The molecule has 0 radical (unpaired) electrons. The van der Waals surface area contributed by atoms with Crippen molar-refractivity contribution in [2.24, 2.45) is 0 Å². The van der Waals surface area contributed by atoms with Crippen molar-refractivity contribution >= 4 is 23.5 Å². The van der Waals surface area contributed by atoms with Crippen LogP contribution in [0.2, 0.25) is 0 Å². The molecule has 6 heteroatoms. The molecule has 0 aliphatic rings. The summed E-state index contributed by atoms with van der Waals surface area (Å²) in [6.45, 7) is 1.12. The van der Waals surface area contributed by atoms with E-state index in [0.29, 0.717) is 5.56 Å². The molecule has 0 fully saturated rings. The molecule has 1 rings (SSSR count). The maximum Gasteiger partial charge on any atom is 0.339 e. The molecule has 0 saturated carbocycles. The lowest BCUT2D eigenvalue weighted by atomic mass is 10.1. The summed E-state index contributed by atoms with van der Waals surface area (Å²) in [4.78, 5) is 31.7. The number of non-ortho nitro benzene ring substituents is 1. The standard InChI is InChI=1S/C11H9NO5/c1-7(13)10(11(14)15)6-8-3-2-4-9(5-8)12(16)17/h2-6H,1H3,(H,14,15)/b10-6+. The van der Waals surface area contributed by atoms with Crippen LogP contribution in [0.4, 0.5) is 5.69 Å². The van der Waals surface area contributed by atoms with Crippen LogP contribution < -0.4 is 0 Å². The van der Waals surface area contributed by atoms with Crippen molar-refractivity contribution in [3.05, 3.63) is 45.5 Å². The van der Waals surface area contributed by atoms with E-state index in [2.05, 4.69) is 0 Å². The molecule has 17 heavy (non-hydrogen) atoms. The summed E-state index contributed by atoms with van der Waals surface area (Å²) in [6.07, 6.45) is 1.11. The summed E-state index contributed by atoms with van der Waals surface area (Å²) in [6, 6.07) is 5.39. The second-order valence-electron chi connectivity index (χ2n) is 3.27. The van der Waals surface area contributed by atoms with Crippen molar-refractivity contribution in [1.29, 1.82) is 0 Å². The van der Waals surface area contributed by atoms with E-state index in [4.69, 9.17) is 5.11 Å². The van der Waals surface area contributed by atoms with E-state index in [1.165, 1.54) is 24.3 Å². The Morgan fingerprint density at radius 2 is 2.06 bits per heavy atom. The predicted molar refractivity (Wildman–Crippen MR) is 59.4 cm³/mol. The Labute approximate surface area is 96.3 Å². The number of hydrogen-bond donors (Lipinski definition) is 1. The highest BCUT2D eigenvalue weighted by atomic mass is 16.6. The summed E-state index contributed by atoms with van der Waals surface area (Å²) in [5.41, 5.74) is -0.274. The van der Waals surface area contributed by atoms with Crippen LogP contribution in [0, 0.1) is 10.1 Å². The van der Waals surface area contributed by atoms with Gasteiger partial charge in [0.1, 0.15) is 5.57 Å². The number of benzene rings is 1. The van der Waals surface area contributed by atoms with Crippen LogP contribution in [0.3, 0.4) is 0 Å². The monoisotopic (exact) mass is 235 g/mol. The zero-order valence-electron chi connectivity index (χ0n) is 8.91. The second kappa shape index (κ2) is 5.02. The Hall–Kier alpha value is -2.50. The third-order valence-electron chi connectivity index (χ3n) is 2.00. The van der Waals surface area contributed by atoms with Gasteiger partial charge in [-0.1, -0.05) is 12.1 Å². The molecule has 88 valence electrons. The predicted octanol–water partition coefficient (Wildman–Crippen LogP) is 1.65. The highest BCUT2D eigenvalue weighted by Crippen LogP contribution is 2.16. The number of nitro groups is 1. The van der Waals surface area contributed by atoms with Gasteiger partial charge in [-0.2, -0.15) is 0 Å². The van der Waals surface area contributed by atoms with Crippen molar-refractivity contribution in [1.82, 2.24) is 0 Å². The van der Waals surface area contributed by atoms with E-state index in [1.54, 1.807) is 0 Å². The first kappa shape index (κ1) is 12.6. The fourth-order valence-corrected chi connectivity index (χ4v) is 1.21. The first-order valence-corrected chi connectivity index (χ1v) is 4.62. The Morgan fingerprint density at radius 1 is 1.41 bits per heavy atom. The van der Waals surface area contributed by atoms with E-state index >= 15 is 0 Å². The number of carboxylic acids is 1. The lowest BCUT2D eigenvalue weighted by Gasteiger charge is -1.98. The number of carboxylic acid groups (broad SMARTS) is 1. The van der Waals surface area contributed by atoms with Gasteiger partial charge in [0, 0.05) is 12.1 Å². The summed E-state index contributed by atoms with van der Waals surface area (Å²) in [5.74, 6) is -1.96. The quantitative estimate of drug-likeness (QED) is 0.281. The third kappa shape index (κ3) is 3.23.